The minimum absolute atomic E-state index is 0.0913. The minimum Gasteiger partial charge on any atom is -0.352 e. The van der Waals surface area contributed by atoms with E-state index in [1.807, 2.05) is 25.1 Å². The van der Waals surface area contributed by atoms with E-state index >= 15 is 0 Å². The Morgan fingerprint density at radius 1 is 1.24 bits per heavy atom. The number of hydrogen-bond acceptors (Lipinski definition) is 1. The van der Waals surface area contributed by atoms with Crippen LogP contribution in [-0.4, -0.2) is 12.5 Å². The summed E-state index contributed by atoms with van der Waals surface area (Å²) in [6.07, 6.45) is 0.813. The molecular formula is C17H15ClFNO. The maximum absolute atomic E-state index is 14.0. The molecule has 1 amide bonds. The Balaban J connectivity index is 2.00. The first-order chi connectivity index (χ1) is 10.1. The Bertz CT molecular complexity index is 714. The van der Waals surface area contributed by atoms with Crippen LogP contribution in [0.4, 0.5) is 4.39 Å². The van der Waals surface area contributed by atoms with E-state index in [1.54, 1.807) is 12.1 Å². The number of aryl methyl sites for hydroxylation is 1. The molecule has 0 saturated heterocycles. The number of halogens is 2. The van der Waals surface area contributed by atoms with E-state index in [-0.39, 0.29) is 11.7 Å². The molecule has 21 heavy (non-hydrogen) atoms. The monoisotopic (exact) mass is 303 g/mol. The van der Waals surface area contributed by atoms with Crippen molar-refractivity contribution in [1.29, 1.82) is 0 Å². The van der Waals surface area contributed by atoms with Gasteiger partial charge in [0, 0.05) is 17.7 Å². The highest BCUT2D eigenvalue weighted by Crippen LogP contribution is 2.32. The van der Waals surface area contributed by atoms with Crippen molar-refractivity contribution in [2.75, 3.05) is 6.54 Å². The van der Waals surface area contributed by atoms with Gasteiger partial charge in [0.05, 0.1) is 5.38 Å². The lowest BCUT2D eigenvalue weighted by atomic mass is 9.94. The zero-order valence-corrected chi connectivity index (χ0v) is 12.4. The third-order valence-electron chi connectivity index (χ3n) is 3.78. The quantitative estimate of drug-likeness (QED) is 0.841. The van der Waals surface area contributed by atoms with Crippen LogP contribution in [0, 0.1) is 12.7 Å². The lowest BCUT2D eigenvalue weighted by Gasteiger charge is -2.19. The molecule has 0 aromatic heterocycles. The Labute approximate surface area is 127 Å². The van der Waals surface area contributed by atoms with Gasteiger partial charge in [-0.05, 0) is 42.2 Å². The average molecular weight is 304 g/mol. The standard InChI is InChI=1S/C17H15ClFNO/c1-10-2-5-13(15(19)8-10)16(18)12-4-3-11-6-7-20-17(21)14(11)9-12/h2-5,8-9,16H,6-7H2,1H3,(H,20,21). The summed E-state index contributed by atoms with van der Waals surface area (Å²) in [5.74, 6) is -0.413. The van der Waals surface area contributed by atoms with Crippen LogP contribution in [0.1, 0.15) is 38.0 Å². The van der Waals surface area contributed by atoms with Gasteiger partial charge in [-0.2, -0.15) is 0 Å². The van der Waals surface area contributed by atoms with Crippen molar-refractivity contribution in [3.8, 4) is 0 Å². The van der Waals surface area contributed by atoms with Crippen molar-refractivity contribution < 1.29 is 9.18 Å². The van der Waals surface area contributed by atoms with Gasteiger partial charge in [0.15, 0.2) is 0 Å². The first-order valence-corrected chi connectivity index (χ1v) is 7.31. The molecule has 1 aliphatic heterocycles. The summed E-state index contributed by atoms with van der Waals surface area (Å²) >= 11 is 6.41. The molecule has 0 fully saturated rings. The second-order valence-corrected chi connectivity index (χ2v) is 5.75. The molecule has 1 N–H and O–H groups in total. The van der Waals surface area contributed by atoms with Crippen LogP contribution in [0.3, 0.4) is 0 Å². The van der Waals surface area contributed by atoms with Crippen molar-refractivity contribution >= 4 is 17.5 Å². The summed E-state index contributed by atoms with van der Waals surface area (Å²) in [6.45, 7) is 2.49. The number of amides is 1. The second kappa shape index (κ2) is 5.49. The van der Waals surface area contributed by atoms with Crippen LogP contribution in [0.2, 0.25) is 0 Å². The molecule has 2 aromatic rings. The number of carbonyl (C=O) groups is 1. The molecule has 3 rings (SSSR count). The number of fused-ring (bicyclic) bond motifs is 1. The van der Waals surface area contributed by atoms with Crippen molar-refractivity contribution in [1.82, 2.24) is 5.32 Å². The number of alkyl halides is 1. The lowest BCUT2D eigenvalue weighted by Crippen LogP contribution is -2.31. The van der Waals surface area contributed by atoms with Gasteiger partial charge in [-0.15, -0.1) is 11.6 Å². The summed E-state index contributed by atoms with van der Waals surface area (Å²) in [7, 11) is 0. The molecule has 0 saturated carbocycles. The second-order valence-electron chi connectivity index (χ2n) is 5.31. The van der Waals surface area contributed by atoms with Gasteiger partial charge in [-0.3, -0.25) is 4.79 Å². The van der Waals surface area contributed by atoms with Gasteiger partial charge < -0.3 is 5.32 Å². The number of carbonyl (C=O) groups excluding carboxylic acids is 1. The highest BCUT2D eigenvalue weighted by molar-refractivity contribution is 6.22. The Morgan fingerprint density at radius 3 is 2.81 bits per heavy atom. The minimum atomic E-state index is -0.606. The Morgan fingerprint density at radius 2 is 2.05 bits per heavy atom. The molecule has 1 atom stereocenters. The molecule has 1 unspecified atom stereocenters. The Kier molecular flexibility index (Phi) is 3.68. The van der Waals surface area contributed by atoms with Gasteiger partial charge >= 0.3 is 0 Å². The fourth-order valence-electron chi connectivity index (χ4n) is 2.60. The van der Waals surface area contributed by atoms with Gasteiger partial charge in [-0.1, -0.05) is 24.3 Å². The summed E-state index contributed by atoms with van der Waals surface area (Å²) in [5, 5.41) is 2.20. The molecule has 2 nitrogen and oxygen atoms in total. The topological polar surface area (TPSA) is 29.1 Å². The highest BCUT2D eigenvalue weighted by Gasteiger charge is 2.21. The van der Waals surface area contributed by atoms with E-state index in [4.69, 9.17) is 11.6 Å². The maximum Gasteiger partial charge on any atom is 0.251 e. The molecule has 2 aromatic carbocycles. The van der Waals surface area contributed by atoms with E-state index in [0.717, 1.165) is 23.1 Å². The summed E-state index contributed by atoms with van der Waals surface area (Å²) in [4.78, 5) is 11.9. The molecule has 1 aliphatic rings. The number of nitrogens with one attached hydrogen (secondary N) is 1. The molecule has 108 valence electrons. The molecule has 0 bridgehead atoms. The molecule has 4 heteroatoms. The first kappa shape index (κ1) is 14.1. The van der Waals surface area contributed by atoms with Crippen LogP contribution in [0.5, 0.6) is 0 Å². The van der Waals surface area contributed by atoms with Crippen LogP contribution in [0.15, 0.2) is 36.4 Å². The number of hydrogen-bond donors (Lipinski definition) is 1. The van der Waals surface area contributed by atoms with Crippen molar-refractivity contribution in [3.63, 3.8) is 0 Å². The number of rotatable bonds is 2. The largest absolute Gasteiger partial charge is 0.352 e. The fraction of sp³-hybridized carbons (Fsp3) is 0.235. The maximum atomic E-state index is 14.0. The van der Waals surface area contributed by atoms with Crippen molar-refractivity contribution in [2.45, 2.75) is 18.7 Å². The molecule has 0 aliphatic carbocycles. The third kappa shape index (κ3) is 2.66. The summed E-state index contributed by atoms with van der Waals surface area (Å²) in [6, 6.07) is 10.5. The normalized spacial score (nSPS) is 15.3. The zero-order valence-electron chi connectivity index (χ0n) is 11.6. The van der Waals surface area contributed by atoms with Gasteiger partial charge in [-0.25, -0.2) is 4.39 Å². The number of benzene rings is 2. The third-order valence-corrected chi connectivity index (χ3v) is 4.27. The van der Waals surface area contributed by atoms with Crippen molar-refractivity contribution in [3.05, 3.63) is 70.0 Å². The van der Waals surface area contributed by atoms with Crippen LogP contribution < -0.4 is 5.32 Å². The summed E-state index contributed by atoms with van der Waals surface area (Å²) in [5.41, 5.74) is 3.66. The van der Waals surface area contributed by atoms with Gasteiger partial charge in [0.2, 0.25) is 0 Å². The molecule has 1 heterocycles. The average Bonchev–Trinajstić information content (AvgIpc) is 2.47. The van der Waals surface area contributed by atoms with E-state index in [0.29, 0.717) is 17.7 Å². The van der Waals surface area contributed by atoms with Crippen LogP contribution >= 0.6 is 11.6 Å². The predicted molar refractivity (Wildman–Crippen MR) is 81.3 cm³/mol. The summed E-state index contributed by atoms with van der Waals surface area (Å²) < 4.78 is 14.0. The zero-order chi connectivity index (χ0) is 15.0. The van der Waals surface area contributed by atoms with Crippen LogP contribution in [-0.2, 0) is 6.42 Å². The van der Waals surface area contributed by atoms with Gasteiger partial charge in [0.25, 0.3) is 5.91 Å². The molecule has 0 radical (unpaired) electrons. The fourth-order valence-corrected chi connectivity index (χ4v) is 2.92. The SMILES string of the molecule is Cc1ccc(C(Cl)c2ccc3c(c2)C(=O)NCC3)c(F)c1. The van der Waals surface area contributed by atoms with E-state index in [9.17, 15) is 9.18 Å². The molecular weight excluding hydrogens is 289 g/mol. The van der Waals surface area contributed by atoms with E-state index in [1.165, 1.54) is 6.07 Å². The first-order valence-electron chi connectivity index (χ1n) is 6.87. The van der Waals surface area contributed by atoms with Crippen molar-refractivity contribution in [2.24, 2.45) is 0 Å². The molecule has 0 spiro atoms. The van der Waals surface area contributed by atoms with E-state index < -0.39 is 5.38 Å². The smallest absolute Gasteiger partial charge is 0.251 e. The van der Waals surface area contributed by atoms with Crippen LogP contribution in [0.25, 0.3) is 0 Å². The van der Waals surface area contributed by atoms with Gasteiger partial charge in [0.1, 0.15) is 5.82 Å². The predicted octanol–water partition coefficient (Wildman–Crippen LogP) is 3.75. The lowest BCUT2D eigenvalue weighted by molar-refractivity contribution is 0.0946. The highest BCUT2D eigenvalue weighted by atomic mass is 35.5. The van der Waals surface area contributed by atoms with E-state index in [2.05, 4.69) is 5.32 Å². The Hall–Kier alpha value is -1.87.